The third-order valence-electron chi connectivity index (χ3n) is 3.72. The molecule has 0 amide bonds. The van der Waals surface area contributed by atoms with E-state index >= 15 is 0 Å². The normalized spacial score (nSPS) is 21.6. The van der Waals surface area contributed by atoms with Crippen molar-refractivity contribution in [3.8, 4) is 0 Å². The molecule has 3 nitrogen and oxygen atoms in total. The quantitative estimate of drug-likeness (QED) is 0.678. The lowest BCUT2D eigenvalue weighted by atomic mass is 9.87. The van der Waals surface area contributed by atoms with E-state index in [4.69, 9.17) is 23.2 Å². The van der Waals surface area contributed by atoms with Crippen LogP contribution < -0.4 is 5.32 Å². The van der Waals surface area contributed by atoms with Gasteiger partial charge in [0, 0.05) is 24.1 Å². The van der Waals surface area contributed by atoms with Gasteiger partial charge < -0.3 is 5.32 Å². The summed E-state index contributed by atoms with van der Waals surface area (Å²) >= 11 is 12.2. The number of benzene rings is 1. The van der Waals surface area contributed by atoms with Crippen LogP contribution in [0.25, 0.3) is 0 Å². The van der Waals surface area contributed by atoms with Gasteiger partial charge in [0.15, 0.2) is 0 Å². The molecule has 0 saturated heterocycles. The van der Waals surface area contributed by atoms with Gasteiger partial charge in [0.1, 0.15) is 5.15 Å². The maximum absolute atomic E-state index is 6.31. The van der Waals surface area contributed by atoms with Crippen LogP contribution in [0.3, 0.4) is 0 Å². The van der Waals surface area contributed by atoms with Crippen LogP contribution in [0, 0.1) is 0 Å². The molecular formula is C15H15Cl2N3. The van der Waals surface area contributed by atoms with E-state index in [0.29, 0.717) is 5.15 Å². The summed E-state index contributed by atoms with van der Waals surface area (Å²) in [7, 11) is 0. The van der Waals surface area contributed by atoms with Crippen LogP contribution in [0.4, 0.5) is 0 Å². The molecule has 3 rings (SSSR count). The van der Waals surface area contributed by atoms with Gasteiger partial charge in [-0.1, -0.05) is 41.9 Å². The molecule has 104 valence electrons. The molecule has 20 heavy (non-hydrogen) atoms. The lowest BCUT2D eigenvalue weighted by molar-refractivity contribution is 0.462. The first-order chi connectivity index (χ1) is 9.65. The molecule has 5 heteroatoms. The Hall–Kier alpha value is -1.16. The van der Waals surface area contributed by atoms with Crippen molar-refractivity contribution in [3.05, 3.63) is 57.6 Å². The van der Waals surface area contributed by atoms with Crippen LogP contribution >= 0.6 is 23.2 Å². The smallest absolute Gasteiger partial charge is 0.224 e. The standard InChI is InChI=1S/C15H15Cl2N3/c1-9-13-12(14(16)20-15(17)19-13)11(8-18-9)7-10-5-3-2-4-6-10/h2-6,9,11,18H,7-8H2,1H3. The number of aromatic nitrogens is 2. The highest BCUT2D eigenvalue weighted by Crippen LogP contribution is 2.35. The monoisotopic (exact) mass is 307 g/mol. The van der Waals surface area contributed by atoms with Crippen LogP contribution in [-0.2, 0) is 6.42 Å². The Bertz CT molecular complexity index is 616. The number of nitrogens with zero attached hydrogens (tertiary/aromatic N) is 2. The molecule has 2 aromatic rings. The van der Waals surface area contributed by atoms with Gasteiger partial charge in [-0.15, -0.1) is 0 Å². The fourth-order valence-corrected chi connectivity index (χ4v) is 3.28. The first-order valence-corrected chi connectivity index (χ1v) is 7.41. The lowest BCUT2D eigenvalue weighted by Crippen LogP contribution is -2.34. The van der Waals surface area contributed by atoms with Gasteiger partial charge in [-0.05, 0) is 30.5 Å². The topological polar surface area (TPSA) is 37.8 Å². The van der Waals surface area contributed by atoms with Crippen molar-refractivity contribution in [2.45, 2.75) is 25.3 Å². The second-order valence-electron chi connectivity index (χ2n) is 5.10. The largest absolute Gasteiger partial charge is 0.308 e. The lowest BCUT2D eigenvalue weighted by Gasteiger charge is -2.30. The summed E-state index contributed by atoms with van der Waals surface area (Å²) in [6.07, 6.45) is 0.915. The van der Waals surface area contributed by atoms with E-state index in [2.05, 4.69) is 46.5 Å². The van der Waals surface area contributed by atoms with Crippen molar-refractivity contribution >= 4 is 23.2 Å². The Kier molecular flexibility index (Phi) is 3.92. The first kappa shape index (κ1) is 13.8. The van der Waals surface area contributed by atoms with Gasteiger partial charge in [-0.3, -0.25) is 0 Å². The van der Waals surface area contributed by atoms with E-state index in [-0.39, 0.29) is 17.2 Å². The van der Waals surface area contributed by atoms with Gasteiger partial charge in [0.25, 0.3) is 0 Å². The van der Waals surface area contributed by atoms with Crippen molar-refractivity contribution < 1.29 is 0 Å². The van der Waals surface area contributed by atoms with Crippen molar-refractivity contribution in [2.75, 3.05) is 6.54 Å². The maximum Gasteiger partial charge on any atom is 0.224 e. The summed E-state index contributed by atoms with van der Waals surface area (Å²) in [6, 6.07) is 10.5. The van der Waals surface area contributed by atoms with Gasteiger partial charge >= 0.3 is 0 Å². The minimum absolute atomic E-state index is 0.148. The van der Waals surface area contributed by atoms with E-state index in [0.717, 1.165) is 24.2 Å². The Morgan fingerprint density at radius 2 is 1.95 bits per heavy atom. The van der Waals surface area contributed by atoms with Gasteiger partial charge in [0.05, 0.1) is 5.69 Å². The number of hydrogen-bond donors (Lipinski definition) is 1. The molecule has 2 heterocycles. The second kappa shape index (κ2) is 5.68. The van der Waals surface area contributed by atoms with Crippen molar-refractivity contribution in [3.63, 3.8) is 0 Å². The Labute approximate surface area is 128 Å². The molecular weight excluding hydrogens is 293 g/mol. The van der Waals surface area contributed by atoms with Crippen LogP contribution in [0.5, 0.6) is 0 Å². The predicted molar refractivity (Wildman–Crippen MR) is 81.4 cm³/mol. The van der Waals surface area contributed by atoms with Crippen molar-refractivity contribution in [1.29, 1.82) is 0 Å². The van der Waals surface area contributed by atoms with Crippen molar-refractivity contribution in [2.24, 2.45) is 0 Å². The third-order valence-corrected chi connectivity index (χ3v) is 4.17. The molecule has 1 aliphatic rings. The zero-order chi connectivity index (χ0) is 14.1. The second-order valence-corrected chi connectivity index (χ2v) is 5.80. The molecule has 1 aromatic carbocycles. The molecule has 0 radical (unpaired) electrons. The van der Waals surface area contributed by atoms with Gasteiger partial charge in [0.2, 0.25) is 5.28 Å². The molecule has 1 aliphatic heterocycles. The Morgan fingerprint density at radius 3 is 2.70 bits per heavy atom. The minimum atomic E-state index is 0.148. The molecule has 1 aromatic heterocycles. The summed E-state index contributed by atoms with van der Waals surface area (Å²) in [4.78, 5) is 8.46. The Morgan fingerprint density at radius 1 is 1.20 bits per heavy atom. The average Bonchev–Trinajstić information content (AvgIpc) is 2.43. The van der Waals surface area contributed by atoms with Gasteiger partial charge in [-0.25, -0.2) is 9.97 Å². The highest BCUT2D eigenvalue weighted by molar-refractivity contribution is 6.32. The van der Waals surface area contributed by atoms with Crippen LogP contribution in [0.15, 0.2) is 30.3 Å². The number of halogens is 2. The number of rotatable bonds is 2. The predicted octanol–water partition coefficient (Wildman–Crippen LogP) is 3.77. The SMILES string of the molecule is CC1NCC(Cc2ccccc2)c2c(Cl)nc(Cl)nc21. The molecule has 0 bridgehead atoms. The average molecular weight is 308 g/mol. The summed E-state index contributed by atoms with van der Waals surface area (Å²) in [5.74, 6) is 0.272. The molecule has 0 saturated carbocycles. The fourth-order valence-electron chi connectivity index (χ4n) is 2.73. The first-order valence-electron chi connectivity index (χ1n) is 6.65. The number of hydrogen-bond acceptors (Lipinski definition) is 3. The van der Waals surface area contributed by atoms with Crippen LogP contribution in [0.2, 0.25) is 10.4 Å². The zero-order valence-corrected chi connectivity index (χ0v) is 12.6. The number of nitrogens with one attached hydrogen (secondary N) is 1. The summed E-state index contributed by atoms with van der Waals surface area (Å²) < 4.78 is 0. The minimum Gasteiger partial charge on any atom is -0.308 e. The maximum atomic E-state index is 6.31. The fraction of sp³-hybridized carbons (Fsp3) is 0.333. The summed E-state index contributed by atoms with van der Waals surface area (Å²) in [5, 5.41) is 4.15. The molecule has 0 spiro atoms. The molecule has 2 atom stereocenters. The molecule has 0 aliphatic carbocycles. The van der Waals surface area contributed by atoms with E-state index in [1.54, 1.807) is 0 Å². The summed E-state index contributed by atoms with van der Waals surface area (Å²) in [5.41, 5.74) is 3.24. The number of fused-ring (bicyclic) bond motifs is 1. The molecule has 1 N–H and O–H groups in total. The summed E-state index contributed by atoms with van der Waals surface area (Å²) in [6.45, 7) is 2.94. The third kappa shape index (κ3) is 2.66. The van der Waals surface area contributed by atoms with Crippen LogP contribution in [-0.4, -0.2) is 16.5 Å². The highest BCUT2D eigenvalue weighted by atomic mass is 35.5. The molecule has 0 fully saturated rings. The highest BCUT2D eigenvalue weighted by Gasteiger charge is 2.29. The molecule has 2 unspecified atom stereocenters. The van der Waals surface area contributed by atoms with E-state index in [9.17, 15) is 0 Å². The van der Waals surface area contributed by atoms with E-state index < -0.39 is 0 Å². The van der Waals surface area contributed by atoms with Crippen LogP contribution in [0.1, 0.15) is 35.7 Å². The Balaban J connectivity index is 1.98. The van der Waals surface area contributed by atoms with E-state index in [1.165, 1.54) is 5.56 Å². The van der Waals surface area contributed by atoms with Crippen molar-refractivity contribution in [1.82, 2.24) is 15.3 Å². The van der Waals surface area contributed by atoms with E-state index in [1.807, 2.05) is 6.07 Å². The zero-order valence-electron chi connectivity index (χ0n) is 11.1. The van der Waals surface area contributed by atoms with Gasteiger partial charge in [-0.2, -0.15) is 0 Å².